The fourth-order valence-corrected chi connectivity index (χ4v) is 3.11. The van der Waals surface area contributed by atoms with Crippen LogP contribution in [0.2, 0.25) is 20.1 Å². The molecule has 0 saturated heterocycles. The molecule has 1 N–H and O–H groups in total. The summed E-state index contributed by atoms with van der Waals surface area (Å²) in [6.07, 6.45) is 0. The van der Waals surface area contributed by atoms with Crippen molar-refractivity contribution in [3.63, 3.8) is 0 Å². The molecule has 1 heterocycles. The molecule has 2 aromatic carbocycles. The molecule has 0 fully saturated rings. The third kappa shape index (κ3) is 1.60. The molecule has 0 saturated carbocycles. The van der Waals surface area contributed by atoms with Crippen molar-refractivity contribution in [2.75, 3.05) is 5.32 Å². The van der Waals surface area contributed by atoms with Crippen LogP contribution in [0.4, 0.5) is 11.4 Å². The van der Waals surface area contributed by atoms with Gasteiger partial charge in [0.2, 0.25) is 0 Å². The third-order valence-corrected chi connectivity index (χ3v) is 4.43. The highest BCUT2D eigenvalue weighted by atomic mass is 35.5. The first-order valence-electron chi connectivity index (χ1n) is 5.11. The van der Waals surface area contributed by atoms with Crippen LogP contribution in [0.25, 0.3) is 10.8 Å². The Balaban J connectivity index is 2.62. The van der Waals surface area contributed by atoms with Gasteiger partial charge in [-0.05, 0) is 19.1 Å². The molecule has 0 radical (unpaired) electrons. The first kappa shape index (κ1) is 12.4. The van der Waals surface area contributed by atoms with E-state index in [1.807, 2.05) is 13.0 Å². The molecule has 0 aromatic heterocycles. The van der Waals surface area contributed by atoms with Gasteiger partial charge in [-0.25, -0.2) is 4.99 Å². The highest BCUT2D eigenvalue weighted by Gasteiger charge is 2.22. The number of hydrogen-bond acceptors (Lipinski definition) is 2. The lowest BCUT2D eigenvalue weighted by Crippen LogP contribution is -2.10. The maximum atomic E-state index is 6.22. The fraction of sp³-hybridized carbons (Fsp3) is 0.0833. The molecule has 1 aliphatic rings. The van der Waals surface area contributed by atoms with E-state index >= 15 is 0 Å². The van der Waals surface area contributed by atoms with E-state index in [0.717, 1.165) is 16.9 Å². The van der Waals surface area contributed by atoms with E-state index < -0.39 is 0 Å². The van der Waals surface area contributed by atoms with Crippen LogP contribution >= 0.6 is 46.4 Å². The predicted octanol–water partition coefficient (Wildman–Crippen LogP) is 5.93. The van der Waals surface area contributed by atoms with Gasteiger partial charge in [-0.1, -0.05) is 46.4 Å². The molecule has 0 amide bonds. The number of benzene rings is 2. The quantitative estimate of drug-likeness (QED) is 0.598. The Morgan fingerprint density at radius 3 is 2.39 bits per heavy atom. The van der Waals surface area contributed by atoms with E-state index in [0.29, 0.717) is 26.1 Å². The first-order valence-corrected chi connectivity index (χ1v) is 6.63. The number of aliphatic imine (C=N–C) groups is 1. The first-order chi connectivity index (χ1) is 8.50. The monoisotopic (exact) mass is 318 g/mol. The summed E-state index contributed by atoms with van der Waals surface area (Å²) in [6.45, 7) is 1.85. The Labute approximate surface area is 123 Å². The molecule has 92 valence electrons. The van der Waals surface area contributed by atoms with E-state index in [2.05, 4.69) is 10.3 Å². The van der Waals surface area contributed by atoms with Gasteiger partial charge in [-0.3, -0.25) is 0 Å². The van der Waals surface area contributed by atoms with Gasteiger partial charge in [0.25, 0.3) is 0 Å². The zero-order valence-electron chi connectivity index (χ0n) is 9.11. The van der Waals surface area contributed by atoms with Crippen molar-refractivity contribution in [2.45, 2.75) is 6.92 Å². The minimum absolute atomic E-state index is 0.276. The summed E-state index contributed by atoms with van der Waals surface area (Å²) < 4.78 is 0. The molecular weight excluding hydrogens is 314 g/mol. The minimum Gasteiger partial charge on any atom is -0.343 e. The van der Waals surface area contributed by atoms with Crippen molar-refractivity contribution in [1.82, 2.24) is 0 Å². The predicted molar refractivity (Wildman–Crippen MR) is 80.4 cm³/mol. The molecule has 6 heteroatoms. The Morgan fingerprint density at radius 1 is 0.944 bits per heavy atom. The van der Waals surface area contributed by atoms with E-state index in [1.165, 1.54) is 0 Å². The summed E-state index contributed by atoms with van der Waals surface area (Å²) >= 11 is 24.7. The molecule has 0 bridgehead atoms. The van der Waals surface area contributed by atoms with Gasteiger partial charge in [-0.2, -0.15) is 0 Å². The molecule has 18 heavy (non-hydrogen) atoms. The summed E-state index contributed by atoms with van der Waals surface area (Å²) in [4.78, 5) is 4.38. The molecule has 3 rings (SSSR count). The van der Waals surface area contributed by atoms with Crippen LogP contribution in [0.3, 0.4) is 0 Å². The molecule has 2 nitrogen and oxygen atoms in total. The zero-order valence-corrected chi connectivity index (χ0v) is 12.1. The number of hydrogen-bond donors (Lipinski definition) is 1. The zero-order chi connectivity index (χ0) is 13.0. The van der Waals surface area contributed by atoms with E-state index in [9.17, 15) is 0 Å². The second-order valence-electron chi connectivity index (χ2n) is 3.96. The molecule has 2 aromatic rings. The Hall–Kier alpha value is -0.670. The van der Waals surface area contributed by atoms with Crippen molar-refractivity contribution < 1.29 is 0 Å². The lowest BCUT2D eigenvalue weighted by atomic mass is 10.0. The summed E-state index contributed by atoms with van der Waals surface area (Å²) in [5, 5.41) is 6.12. The average Bonchev–Trinajstić information content (AvgIpc) is 2.34. The number of anilines is 1. The van der Waals surface area contributed by atoms with E-state index in [1.54, 1.807) is 6.07 Å². The molecule has 0 spiro atoms. The average molecular weight is 320 g/mol. The van der Waals surface area contributed by atoms with Crippen LogP contribution in [-0.2, 0) is 0 Å². The van der Waals surface area contributed by atoms with E-state index in [-0.39, 0.29) is 5.02 Å². The van der Waals surface area contributed by atoms with Crippen LogP contribution < -0.4 is 5.32 Å². The Kier molecular flexibility index (Phi) is 2.87. The Bertz CT molecular complexity index is 722. The summed E-state index contributed by atoms with van der Waals surface area (Å²) in [7, 11) is 0. The van der Waals surface area contributed by atoms with Crippen LogP contribution in [-0.4, -0.2) is 5.84 Å². The van der Waals surface area contributed by atoms with Crippen molar-refractivity contribution >= 4 is 74.4 Å². The molecule has 0 aliphatic carbocycles. The number of halogens is 4. The normalized spacial score (nSPS) is 13.5. The number of amidine groups is 1. The molecule has 0 atom stereocenters. The molecule has 1 aliphatic heterocycles. The van der Waals surface area contributed by atoms with E-state index in [4.69, 9.17) is 46.4 Å². The molecular formula is C12H6Cl4N2. The smallest absolute Gasteiger partial charge is 0.104 e. The van der Waals surface area contributed by atoms with Gasteiger partial charge in [0.1, 0.15) is 5.84 Å². The SMILES string of the molecule is CC1=Nc2c(Cl)c(Cl)c(Cl)c3c(Cl)ccc(c23)N1. The largest absolute Gasteiger partial charge is 0.343 e. The van der Waals surface area contributed by atoms with Crippen molar-refractivity contribution in [1.29, 1.82) is 0 Å². The maximum Gasteiger partial charge on any atom is 0.104 e. The number of rotatable bonds is 0. The van der Waals surface area contributed by atoms with Gasteiger partial charge >= 0.3 is 0 Å². The summed E-state index contributed by atoms with van der Waals surface area (Å²) in [5.41, 5.74) is 1.48. The van der Waals surface area contributed by atoms with Gasteiger partial charge in [0, 0.05) is 16.5 Å². The maximum absolute atomic E-state index is 6.22. The van der Waals surface area contributed by atoms with Gasteiger partial charge in [0.05, 0.1) is 25.8 Å². The molecule has 0 unspecified atom stereocenters. The lowest BCUT2D eigenvalue weighted by Gasteiger charge is -2.20. The van der Waals surface area contributed by atoms with Crippen molar-refractivity contribution in [3.8, 4) is 0 Å². The highest BCUT2D eigenvalue weighted by molar-refractivity contribution is 6.54. The number of nitrogens with one attached hydrogen (secondary N) is 1. The highest BCUT2D eigenvalue weighted by Crippen LogP contribution is 2.50. The van der Waals surface area contributed by atoms with Crippen LogP contribution in [0.1, 0.15) is 6.92 Å². The third-order valence-electron chi connectivity index (χ3n) is 2.80. The van der Waals surface area contributed by atoms with Gasteiger partial charge in [-0.15, -0.1) is 0 Å². The second kappa shape index (κ2) is 4.17. The second-order valence-corrected chi connectivity index (χ2v) is 5.50. The lowest BCUT2D eigenvalue weighted by molar-refractivity contribution is 1.46. The van der Waals surface area contributed by atoms with Crippen LogP contribution in [0.15, 0.2) is 17.1 Å². The van der Waals surface area contributed by atoms with Gasteiger partial charge < -0.3 is 5.32 Å². The fourth-order valence-electron chi connectivity index (χ4n) is 2.06. The van der Waals surface area contributed by atoms with Crippen molar-refractivity contribution in [2.24, 2.45) is 4.99 Å². The minimum atomic E-state index is 0.276. The standard InChI is InChI=1S/C12H6Cl4N2/c1-4-17-6-3-2-5(13)7-8(6)12(18-4)11(16)10(15)9(7)14/h2-3H,1H3,(H,17,18). The van der Waals surface area contributed by atoms with Crippen LogP contribution in [0.5, 0.6) is 0 Å². The van der Waals surface area contributed by atoms with Crippen LogP contribution in [0, 0.1) is 0 Å². The number of nitrogens with zero attached hydrogens (tertiary/aromatic N) is 1. The van der Waals surface area contributed by atoms with Crippen molar-refractivity contribution in [3.05, 3.63) is 32.2 Å². The summed E-state index contributed by atoms with van der Waals surface area (Å²) in [6, 6.07) is 3.64. The van der Waals surface area contributed by atoms with Gasteiger partial charge in [0.15, 0.2) is 0 Å². The Morgan fingerprint density at radius 2 is 1.67 bits per heavy atom. The topological polar surface area (TPSA) is 24.4 Å². The summed E-state index contributed by atoms with van der Waals surface area (Å²) in [5.74, 6) is 0.742.